The normalized spacial score (nSPS) is 19.1. The van der Waals surface area contributed by atoms with E-state index in [1.165, 1.54) is 54.4 Å². The third-order valence-electron chi connectivity index (χ3n) is 6.68. The van der Waals surface area contributed by atoms with Gasteiger partial charge in [-0.3, -0.25) is 0 Å². The van der Waals surface area contributed by atoms with Gasteiger partial charge < -0.3 is 14.0 Å². The van der Waals surface area contributed by atoms with Gasteiger partial charge in [-0.25, -0.2) is 0 Å². The fourth-order valence-corrected chi connectivity index (χ4v) is 5.60. The summed E-state index contributed by atoms with van der Waals surface area (Å²) in [6.45, 7) is 3.29. The van der Waals surface area contributed by atoms with Crippen LogP contribution in [0.2, 0.25) is 0 Å². The summed E-state index contributed by atoms with van der Waals surface area (Å²) in [4.78, 5) is 2.73. The maximum atomic E-state index is 2.73. The number of fused-ring (bicyclic) bond motifs is 4. The molecule has 0 saturated heterocycles. The number of nitrogens with zero attached hydrogens (tertiary/aromatic N) is 3. The van der Waals surface area contributed by atoms with Crippen LogP contribution in [0.3, 0.4) is 0 Å². The van der Waals surface area contributed by atoms with Crippen LogP contribution in [0.25, 0.3) is 11.0 Å². The molecule has 3 heterocycles. The van der Waals surface area contributed by atoms with Gasteiger partial charge in [0.2, 0.25) is 0 Å². The summed E-state index contributed by atoms with van der Waals surface area (Å²) in [6, 6.07) is 11.2. The number of hydrogen-bond acceptors (Lipinski definition) is 1. The van der Waals surface area contributed by atoms with E-state index >= 15 is 0 Å². The number of benzene rings is 1. The summed E-state index contributed by atoms with van der Waals surface area (Å²) < 4.78 is 4.81. The molecule has 0 amide bonds. The van der Waals surface area contributed by atoms with E-state index in [9.17, 15) is 0 Å². The Balaban J connectivity index is 1.78. The minimum Gasteiger partial charge on any atom is -0.356 e. The summed E-state index contributed by atoms with van der Waals surface area (Å²) in [5, 5.41) is 0. The van der Waals surface area contributed by atoms with Gasteiger partial charge in [-0.15, -0.1) is 0 Å². The molecule has 0 unspecified atom stereocenters. The van der Waals surface area contributed by atoms with Gasteiger partial charge in [-0.05, 0) is 37.5 Å². The standard InChI is InChI=1S/C22H27N3/c1-16-9-5-6-10-18(16)25-15-17-20-19(11-14-23(20)2)24(3)21(17)22(25)12-7-4-8-13-22/h5-6,9-11,14H,4,7-8,12-13,15H2,1-3H3. The van der Waals surface area contributed by atoms with Gasteiger partial charge in [0.05, 0.1) is 22.3 Å². The summed E-state index contributed by atoms with van der Waals surface area (Å²) in [5.41, 5.74) is 8.94. The molecule has 0 bridgehead atoms. The van der Waals surface area contributed by atoms with Crippen LogP contribution < -0.4 is 4.90 Å². The first-order valence-electron chi connectivity index (χ1n) is 9.60. The minimum absolute atomic E-state index is 0.174. The zero-order valence-electron chi connectivity index (χ0n) is 15.5. The molecule has 2 aliphatic rings. The van der Waals surface area contributed by atoms with Gasteiger partial charge in [0.1, 0.15) is 0 Å². The Morgan fingerprint density at radius 3 is 2.48 bits per heavy atom. The smallest absolute Gasteiger partial charge is 0.0812 e. The van der Waals surface area contributed by atoms with Crippen LogP contribution >= 0.6 is 0 Å². The Hall–Kier alpha value is -2.16. The molecular weight excluding hydrogens is 306 g/mol. The van der Waals surface area contributed by atoms with E-state index in [1.54, 1.807) is 11.3 Å². The predicted molar refractivity (Wildman–Crippen MR) is 104 cm³/mol. The van der Waals surface area contributed by atoms with E-state index in [0.29, 0.717) is 0 Å². The molecule has 3 nitrogen and oxygen atoms in total. The van der Waals surface area contributed by atoms with Crippen molar-refractivity contribution < 1.29 is 0 Å². The summed E-state index contributed by atoms with van der Waals surface area (Å²) in [7, 11) is 4.46. The van der Waals surface area contributed by atoms with E-state index in [2.05, 4.69) is 71.6 Å². The van der Waals surface area contributed by atoms with Crippen molar-refractivity contribution in [3.63, 3.8) is 0 Å². The van der Waals surface area contributed by atoms with Crippen molar-refractivity contribution in [2.24, 2.45) is 14.1 Å². The fraction of sp³-hybridized carbons (Fsp3) is 0.455. The third-order valence-corrected chi connectivity index (χ3v) is 6.68. The number of hydrogen-bond donors (Lipinski definition) is 0. The lowest BCUT2D eigenvalue weighted by molar-refractivity contribution is 0.282. The third kappa shape index (κ3) is 1.87. The topological polar surface area (TPSA) is 13.1 Å². The minimum atomic E-state index is 0.174. The van der Waals surface area contributed by atoms with Crippen LogP contribution in [-0.2, 0) is 26.2 Å². The van der Waals surface area contributed by atoms with Crippen LogP contribution in [0.1, 0.15) is 48.9 Å². The van der Waals surface area contributed by atoms with E-state index in [1.807, 2.05) is 0 Å². The lowest BCUT2D eigenvalue weighted by atomic mass is 9.78. The van der Waals surface area contributed by atoms with Gasteiger partial charge in [-0.2, -0.15) is 0 Å². The molecule has 0 radical (unpaired) electrons. The Kier molecular flexibility index (Phi) is 3.13. The number of anilines is 1. The fourth-order valence-electron chi connectivity index (χ4n) is 5.60. The van der Waals surface area contributed by atoms with Crippen LogP contribution in [0.5, 0.6) is 0 Å². The van der Waals surface area contributed by atoms with Gasteiger partial charge in [0, 0.05) is 38.1 Å². The summed E-state index contributed by atoms with van der Waals surface area (Å²) in [5.74, 6) is 0. The number of aromatic nitrogens is 2. The second-order valence-corrected chi connectivity index (χ2v) is 8.01. The average Bonchev–Trinajstić information content (AvgIpc) is 3.23. The monoisotopic (exact) mass is 333 g/mol. The van der Waals surface area contributed by atoms with Crippen LogP contribution in [0.15, 0.2) is 36.5 Å². The highest BCUT2D eigenvalue weighted by Crippen LogP contribution is 2.53. The molecule has 5 rings (SSSR count). The van der Waals surface area contributed by atoms with Crippen molar-refractivity contribution in [2.45, 2.75) is 51.1 Å². The zero-order chi connectivity index (χ0) is 17.2. The molecule has 3 heteroatoms. The van der Waals surface area contributed by atoms with Gasteiger partial charge >= 0.3 is 0 Å². The zero-order valence-corrected chi connectivity index (χ0v) is 15.5. The largest absolute Gasteiger partial charge is 0.356 e. The number of aryl methyl sites for hydroxylation is 3. The van der Waals surface area contributed by atoms with Gasteiger partial charge in [0.25, 0.3) is 0 Å². The first kappa shape index (κ1) is 15.1. The molecule has 1 fully saturated rings. The summed E-state index contributed by atoms with van der Waals surface area (Å²) >= 11 is 0. The van der Waals surface area contributed by atoms with Crippen LogP contribution in [0, 0.1) is 6.92 Å². The molecule has 1 saturated carbocycles. The van der Waals surface area contributed by atoms with Crippen molar-refractivity contribution in [3.05, 3.63) is 53.3 Å². The van der Waals surface area contributed by atoms with Crippen molar-refractivity contribution in [2.75, 3.05) is 4.90 Å². The highest BCUT2D eigenvalue weighted by atomic mass is 15.3. The lowest BCUT2D eigenvalue weighted by Crippen LogP contribution is -2.44. The second kappa shape index (κ2) is 5.17. The SMILES string of the molecule is Cc1ccccc1N1Cc2c(n(C)c3ccn(C)c23)C12CCCCC2. The first-order chi connectivity index (χ1) is 12.1. The van der Waals surface area contributed by atoms with Crippen LogP contribution in [-0.4, -0.2) is 9.13 Å². The second-order valence-electron chi connectivity index (χ2n) is 8.01. The average molecular weight is 333 g/mol. The van der Waals surface area contributed by atoms with Crippen LogP contribution in [0.4, 0.5) is 5.69 Å². The Morgan fingerprint density at radius 1 is 0.960 bits per heavy atom. The summed E-state index contributed by atoms with van der Waals surface area (Å²) in [6.07, 6.45) is 8.81. The number of para-hydroxylation sites is 1. The van der Waals surface area contributed by atoms with E-state index < -0.39 is 0 Å². The Bertz CT molecular complexity index is 953. The van der Waals surface area contributed by atoms with Crippen molar-refractivity contribution in [1.82, 2.24) is 9.13 Å². The number of rotatable bonds is 1. The van der Waals surface area contributed by atoms with Crippen molar-refractivity contribution in [3.8, 4) is 0 Å². The van der Waals surface area contributed by atoms with Crippen molar-refractivity contribution in [1.29, 1.82) is 0 Å². The molecule has 1 aliphatic carbocycles. The van der Waals surface area contributed by atoms with E-state index in [0.717, 1.165) is 6.54 Å². The van der Waals surface area contributed by atoms with Gasteiger partial charge in [-0.1, -0.05) is 37.5 Å². The highest BCUT2D eigenvalue weighted by molar-refractivity contribution is 5.86. The molecule has 130 valence electrons. The Morgan fingerprint density at radius 2 is 1.72 bits per heavy atom. The molecule has 0 N–H and O–H groups in total. The first-order valence-corrected chi connectivity index (χ1v) is 9.60. The molecular formula is C22H27N3. The van der Waals surface area contributed by atoms with Gasteiger partial charge in [0.15, 0.2) is 0 Å². The molecule has 2 aromatic heterocycles. The quantitative estimate of drug-likeness (QED) is 0.610. The van der Waals surface area contributed by atoms with E-state index in [4.69, 9.17) is 0 Å². The van der Waals surface area contributed by atoms with Crippen molar-refractivity contribution >= 4 is 16.7 Å². The molecule has 1 aliphatic heterocycles. The molecule has 1 aromatic carbocycles. The molecule has 3 aromatic rings. The maximum absolute atomic E-state index is 2.73. The molecule has 25 heavy (non-hydrogen) atoms. The Labute approximate surface area is 149 Å². The molecule has 0 atom stereocenters. The predicted octanol–water partition coefficient (Wildman–Crippen LogP) is 5.00. The lowest BCUT2D eigenvalue weighted by Gasteiger charge is -2.44. The highest BCUT2D eigenvalue weighted by Gasteiger charge is 2.49. The van der Waals surface area contributed by atoms with E-state index in [-0.39, 0.29) is 5.54 Å². The molecule has 1 spiro atoms. The maximum Gasteiger partial charge on any atom is 0.0812 e.